The maximum Gasteiger partial charge on any atom is 0.410 e. The minimum Gasteiger partial charge on any atom is -0.445 e. The summed E-state index contributed by atoms with van der Waals surface area (Å²) in [7, 11) is 3.15. The van der Waals surface area contributed by atoms with E-state index in [0.717, 1.165) is 17.5 Å². The van der Waals surface area contributed by atoms with Crippen LogP contribution in [0.3, 0.4) is 0 Å². The lowest BCUT2D eigenvalue weighted by molar-refractivity contribution is -0.375. The van der Waals surface area contributed by atoms with E-state index in [9.17, 15) is 50.1 Å². The van der Waals surface area contributed by atoms with Gasteiger partial charge >= 0.3 is 18.3 Å². The highest BCUT2D eigenvalue weighted by Gasteiger charge is 2.61. The van der Waals surface area contributed by atoms with E-state index in [1.807, 2.05) is 67.6 Å². The second-order valence-electron chi connectivity index (χ2n) is 26.0. The van der Waals surface area contributed by atoms with Gasteiger partial charge in [-0.1, -0.05) is 94.1 Å². The molecule has 3 amide bonds. The number of rotatable bonds is 20. The van der Waals surface area contributed by atoms with Gasteiger partial charge < -0.3 is 142 Å². The monoisotopic (exact) mass is 1370 g/mol. The van der Waals surface area contributed by atoms with Crippen LogP contribution in [0.2, 0.25) is 0 Å². The molecule has 0 bridgehead atoms. The van der Waals surface area contributed by atoms with Gasteiger partial charge in [0.05, 0.1) is 80.0 Å². The summed E-state index contributed by atoms with van der Waals surface area (Å²) in [5, 5.41) is 85.3. The quantitative estimate of drug-likeness (QED) is 0.0510. The number of aliphatic hydroxyl groups is 7. The van der Waals surface area contributed by atoms with E-state index in [-0.39, 0.29) is 52.6 Å². The molecule has 7 aliphatic heterocycles. The van der Waals surface area contributed by atoms with Crippen molar-refractivity contribution in [2.75, 3.05) is 40.4 Å². The van der Waals surface area contributed by atoms with Crippen LogP contribution in [0, 0.1) is 11.8 Å². The van der Waals surface area contributed by atoms with E-state index >= 15 is 0 Å². The smallest absolute Gasteiger partial charge is 0.410 e. The Labute approximate surface area is 562 Å². The van der Waals surface area contributed by atoms with Crippen LogP contribution in [-0.4, -0.2) is 271 Å². The lowest BCUT2D eigenvalue weighted by Gasteiger charge is -2.51. The molecule has 30 atom stereocenters. The molecule has 544 valence electrons. The van der Waals surface area contributed by atoms with E-state index in [1.54, 1.807) is 26.1 Å². The summed E-state index contributed by atoms with van der Waals surface area (Å²) in [4.78, 5) is 40.1. The highest BCUT2D eigenvalue weighted by atomic mass is 16.8. The Hall–Kier alpha value is -4.93. The molecule has 0 aromatic heterocycles. The zero-order valence-electron chi connectivity index (χ0n) is 55.7. The van der Waals surface area contributed by atoms with Gasteiger partial charge in [0.1, 0.15) is 62.0 Å². The Balaban J connectivity index is 0.000000286. The molecule has 96 heavy (non-hydrogen) atoms. The third-order valence-corrected chi connectivity index (χ3v) is 19.2. The molecule has 2 aromatic carbocycles. The van der Waals surface area contributed by atoms with Gasteiger partial charge in [0, 0.05) is 48.5 Å². The molecule has 7 saturated heterocycles. The first kappa shape index (κ1) is 73.8. The fourth-order valence-electron chi connectivity index (χ4n) is 13.8. The number of ether oxygens (including phenoxy) is 13. The maximum absolute atomic E-state index is 13.1. The van der Waals surface area contributed by atoms with E-state index < -0.39 is 191 Å². The number of nitrogens with two attached hydrogens (primary N) is 4. The fourth-order valence-corrected chi connectivity index (χ4v) is 13.8. The summed E-state index contributed by atoms with van der Waals surface area (Å²) in [6.45, 7) is 3.53. The van der Waals surface area contributed by atoms with Crippen molar-refractivity contribution in [1.29, 1.82) is 0 Å². The van der Waals surface area contributed by atoms with Gasteiger partial charge in [-0.2, -0.15) is 0 Å². The summed E-state index contributed by atoms with van der Waals surface area (Å²) in [6.07, 6.45) is -14.8. The van der Waals surface area contributed by atoms with Crippen LogP contribution in [0.15, 0.2) is 72.8 Å². The van der Waals surface area contributed by atoms with E-state index in [1.165, 1.54) is 11.9 Å². The molecule has 16 unspecified atom stereocenters. The number of hydrogen-bond donors (Lipinski definition) is 15. The molecule has 0 radical (unpaired) electrons. The number of fused-ring (bicyclic) bond motifs is 4. The number of alkyl carbamates (subject to hydrolysis) is 2. The number of amides is 3. The lowest BCUT2D eigenvalue weighted by Crippen LogP contribution is -2.70. The Morgan fingerprint density at radius 2 is 1.24 bits per heavy atom. The van der Waals surface area contributed by atoms with Gasteiger partial charge in [-0.05, 0) is 56.7 Å². The Bertz CT molecular complexity index is 2800. The minimum absolute atomic E-state index is 0. The van der Waals surface area contributed by atoms with Gasteiger partial charge in [0.2, 0.25) is 0 Å². The van der Waals surface area contributed by atoms with Crippen molar-refractivity contribution < 1.29 is 116 Å². The lowest BCUT2D eigenvalue weighted by atomic mass is 9.87. The van der Waals surface area contributed by atoms with Gasteiger partial charge in [0.15, 0.2) is 43.8 Å². The van der Waals surface area contributed by atoms with Crippen LogP contribution < -0.4 is 44.2 Å². The summed E-state index contributed by atoms with van der Waals surface area (Å²) >= 11 is 0. The maximum atomic E-state index is 13.1. The number of benzene rings is 2. The van der Waals surface area contributed by atoms with E-state index in [4.69, 9.17) is 87.5 Å². The predicted molar refractivity (Wildman–Crippen MR) is 341 cm³/mol. The molecule has 32 nitrogen and oxygen atoms in total. The largest absolute Gasteiger partial charge is 0.445 e. The van der Waals surface area contributed by atoms with Crippen LogP contribution in [0.4, 0.5) is 14.4 Å². The summed E-state index contributed by atoms with van der Waals surface area (Å²) < 4.78 is 88.3. The summed E-state index contributed by atoms with van der Waals surface area (Å²) in [5.41, 5.74) is 25.8. The average molecular weight is 1370 g/mol. The molecule has 7 heterocycles. The second-order valence-corrected chi connectivity index (χ2v) is 26.0. The van der Waals surface area contributed by atoms with Crippen molar-refractivity contribution in [2.45, 2.75) is 245 Å². The highest BCUT2D eigenvalue weighted by Crippen LogP contribution is 2.43. The zero-order valence-corrected chi connectivity index (χ0v) is 53.7. The molecule has 8 fully saturated rings. The SMILES string of the molecule is C.CC1C[C@@H]2OC(O[C@H]3OC(CO)[C@@H](C)[C@H](O)C3O)C3C(OC(=O)N3C)C2O[C@@H]1O[C@H]1C=C[C@H](NC(=O)OCc2ccccc2)CC1NC(=O)OCc1ccccc1.CNC1C(O[C@H]2OC(CO)[C@@H](NCCN)[C@H](O)C2O)O[C@H]2CC(N)[C@@H](O[C@H]3CC[C@H](N)CC3N)OC2C1O.[3HH].[3H][3H]. The van der Waals surface area contributed by atoms with Gasteiger partial charge in [-0.15, -0.1) is 0 Å². The topological polar surface area (TPSA) is 468 Å². The van der Waals surface area contributed by atoms with E-state index in [2.05, 4.69) is 21.3 Å². The van der Waals surface area contributed by atoms with Crippen LogP contribution in [0.5, 0.6) is 0 Å². The molecule has 32 heteroatoms. The molecule has 1 saturated carbocycles. The molecular formula is C64H105N9O23. The molecule has 0 spiro atoms. The van der Waals surface area contributed by atoms with Crippen LogP contribution in [0.25, 0.3) is 0 Å². The predicted octanol–water partition coefficient (Wildman–Crippen LogP) is -1.86. The Kier molecular flexibility index (Phi) is 26.5. The Morgan fingerprint density at radius 1 is 0.635 bits per heavy atom. The normalized spacial score (nSPS) is 42.0. The standard InChI is InChI=1S/C40H51N3O14.C23H46N6O9.CH4.2H2/c1-21-16-28-33(34-30(43(3)40(49)56-34)36(53-28)57-37-32(46)31(45)22(2)29(18-44)54-37)55-35(21)52-27-15-14-25(41-38(47)50-19-23-10-6-4-7-11-23)17-26(27)42-39(48)51-20-24-12-8-5-9-13-24;1-28-16-18(32)20-13(7-11(27)21(37-20)34-12-3-2-9(25)6-10(12)26)35-22(16)38-23-19(33)17(31)15(29-5-4-24)14(8-30)36-23;;;/h4-15,21-22,25-37,44-46H,16-20H2,1-3H3,(H,41,47)(H,42,48);9-23,28-33H,2-8,24-27H2,1H3;1H4;2*1H/t21?,22-,25+,26?,27+,28+,29?,30?,31+,32?,33?,34?,35+,36?,37-;9-,10?,11?,12-,13-,14?,15+,16?,17-,18?,19?,20?,21-,22?,23+;;;/m10.../s1/i;;;1+2T;1+2. The summed E-state index contributed by atoms with van der Waals surface area (Å²) in [6, 6.07) is 14.3. The van der Waals surface area contributed by atoms with Crippen molar-refractivity contribution in [2.24, 2.45) is 34.8 Å². The third-order valence-electron chi connectivity index (χ3n) is 19.2. The number of likely N-dealkylation sites (N-methyl/N-ethyl adjacent to an activating group) is 2. The second kappa shape index (κ2) is 34.4. The van der Waals surface area contributed by atoms with Gasteiger partial charge in [-0.3, -0.25) is 4.90 Å². The van der Waals surface area contributed by atoms with Crippen molar-refractivity contribution >= 4 is 18.3 Å². The van der Waals surface area contributed by atoms with Crippen molar-refractivity contribution in [3.63, 3.8) is 0 Å². The number of aliphatic hydroxyl groups excluding tert-OH is 7. The van der Waals surface area contributed by atoms with Crippen molar-refractivity contribution in [1.82, 2.24) is 26.2 Å². The highest BCUT2D eigenvalue weighted by molar-refractivity contribution is 5.71. The van der Waals surface area contributed by atoms with Gasteiger partial charge in [-0.25, -0.2) is 14.4 Å². The zero-order chi connectivity index (χ0) is 69.8. The fraction of sp³-hybridized carbons (Fsp3) is 0.734. The van der Waals surface area contributed by atoms with Gasteiger partial charge in [0.25, 0.3) is 0 Å². The van der Waals surface area contributed by atoms with Crippen LogP contribution in [0.1, 0.15) is 75.3 Å². The first-order chi connectivity index (χ1) is 46.7. The number of carbonyl (C=O) groups is 3. The molecule has 2 aromatic rings. The molecule has 11 rings (SSSR count). The van der Waals surface area contributed by atoms with E-state index in [0.29, 0.717) is 38.8 Å². The van der Waals surface area contributed by atoms with Crippen molar-refractivity contribution in [3.05, 3.63) is 83.9 Å². The summed E-state index contributed by atoms with van der Waals surface area (Å²) in [5.74, 6) is -0.839. The first-order valence-corrected chi connectivity index (χ1v) is 32.8. The minimum atomic E-state index is -1.46. The van der Waals surface area contributed by atoms with Crippen molar-refractivity contribution in [3.8, 4) is 0 Å². The van der Waals surface area contributed by atoms with Crippen LogP contribution in [-0.2, 0) is 74.8 Å². The Morgan fingerprint density at radius 3 is 1.88 bits per heavy atom. The molecule has 2 aliphatic carbocycles. The number of carbonyl (C=O) groups excluding carboxylic acids is 3. The third kappa shape index (κ3) is 17.8. The molecule has 9 aliphatic rings. The first-order valence-electron chi connectivity index (χ1n) is 33.8. The number of hydrogen-bond acceptors (Lipinski definition) is 29. The number of nitrogens with one attached hydrogen (secondary N) is 4. The molecular weight excluding hydrogens is 1260 g/mol. The molecule has 19 N–H and O–H groups in total. The van der Waals surface area contributed by atoms with Crippen LogP contribution >= 0.6 is 0 Å². The number of nitrogens with zero attached hydrogens (tertiary/aromatic N) is 1. The average Bonchev–Trinajstić information content (AvgIpc) is 1.69.